The molecule has 20 nitrogen and oxygen atoms in total. The fourth-order valence-electron chi connectivity index (χ4n) is 8.77. The van der Waals surface area contributed by atoms with E-state index < -0.39 is 172 Å². The molecule has 3 N–H and O–H groups in total. The van der Waals surface area contributed by atoms with Crippen LogP contribution in [-0.2, 0) is 60.5 Å². The van der Waals surface area contributed by atoms with Crippen molar-refractivity contribution in [1.82, 2.24) is 30.4 Å². The van der Waals surface area contributed by atoms with Crippen LogP contribution < -0.4 is 20.1 Å². The molecule has 6 rings (SSSR count). The standard InChI is InChI=1S/C40H50F6N4O8.C26H26F6N4O4/c1-13-15-19-24(3)54-30-26(39(41,42)43)22-27(50(33(51)57-36(7,8)9)34(52)58-37(10,11)12)29(47-30)31-48-49-32(55-31)38(40(44,45)46,28(14-2)56-35(4,5)6)53-23-25-20-17-16-18-21-25;1-4-6-10-15(3)39-21-17(25(27,28)29)13-18(33)20(34-21)22-35-36-23(40-22)24(19(37)5-2,26(30,31)32)38-14-16-11-8-7-9-12-16/h13-14,16-18,20-22,24,28H,1-2,15,19,23H2,3-12H3;4-5,7-9,11-13,15,19,37H,1-2,6,10,14,33H2,3H3/t24-,28?,38?;15-,19?,24?/m11/s1. The minimum absolute atomic E-state index is 0.0983. The topological polar surface area (TPSA) is 252 Å². The number of aromatic nitrogens is 6. The normalized spacial score (nSPS) is 15.0. The molecule has 0 bridgehead atoms. The van der Waals surface area contributed by atoms with Crippen molar-refractivity contribution in [3.05, 3.63) is 157 Å². The number of hydrogen-bond donors (Lipinski definition) is 2. The van der Waals surface area contributed by atoms with Crippen LogP contribution in [0.25, 0.3) is 23.2 Å². The zero-order valence-electron chi connectivity index (χ0n) is 55.3. The number of aliphatic hydroxyl groups excluding tert-OH is 1. The maximum atomic E-state index is 15.7. The molecule has 2 aromatic carbocycles. The lowest BCUT2D eigenvalue weighted by Crippen LogP contribution is -2.55. The van der Waals surface area contributed by atoms with Crippen LogP contribution >= 0.6 is 0 Å². The van der Waals surface area contributed by atoms with Crippen molar-refractivity contribution < 1.29 is 109 Å². The summed E-state index contributed by atoms with van der Waals surface area (Å²) >= 11 is 0. The highest BCUT2D eigenvalue weighted by Crippen LogP contribution is 2.51. The molecule has 0 aliphatic rings. The second kappa shape index (κ2) is 31.8. The number of ether oxygens (including phenoxy) is 7. The Kier molecular flexibility index (Phi) is 25.9. The Balaban J connectivity index is 0.000000378. The monoisotopic (exact) mass is 1400 g/mol. The van der Waals surface area contributed by atoms with Crippen LogP contribution in [0.5, 0.6) is 11.8 Å². The van der Waals surface area contributed by atoms with Crippen molar-refractivity contribution >= 4 is 23.6 Å². The fourth-order valence-corrected chi connectivity index (χ4v) is 8.77. The molecule has 4 aromatic heterocycles. The van der Waals surface area contributed by atoms with Gasteiger partial charge in [0.15, 0.2) is 11.4 Å². The van der Waals surface area contributed by atoms with Gasteiger partial charge in [0.05, 0.1) is 42.4 Å². The Labute approximate surface area is 556 Å². The maximum absolute atomic E-state index is 15.7. The predicted molar refractivity (Wildman–Crippen MR) is 332 cm³/mol. The summed E-state index contributed by atoms with van der Waals surface area (Å²) in [6.45, 7) is 28.5. The smallest absolute Gasteiger partial charge is 0.429 e. The summed E-state index contributed by atoms with van der Waals surface area (Å²) in [4.78, 5) is 35.5. The quantitative estimate of drug-likeness (QED) is 0.0378. The second-order valence-corrected chi connectivity index (χ2v) is 24.8. The van der Waals surface area contributed by atoms with Gasteiger partial charge < -0.3 is 52.8 Å². The molecule has 4 heterocycles. The van der Waals surface area contributed by atoms with Crippen LogP contribution in [0.2, 0.25) is 0 Å². The number of anilines is 2. The molecule has 0 aliphatic carbocycles. The Morgan fingerprint density at radius 2 is 0.969 bits per heavy atom. The third-order valence-electron chi connectivity index (χ3n) is 13.3. The highest BCUT2D eigenvalue weighted by molar-refractivity contribution is 6.11. The van der Waals surface area contributed by atoms with E-state index in [1.807, 2.05) is 0 Å². The maximum Gasteiger partial charge on any atom is 0.429 e. The van der Waals surface area contributed by atoms with Gasteiger partial charge in [-0.15, -0.1) is 46.7 Å². The first-order valence-electron chi connectivity index (χ1n) is 29.9. The van der Waals surface area contributed by atoms with E-state index in [-0.39, 0.29) is 11.3 Å². The Hall–Kier alpha value is -8.88. The van der Waals surface area contributed by atoms with E-state index in [0.717, 1.165) is 6.08 Å². The minimum atomic E-state index is -5.40. The SMILES string of the molecule is C=CCC[C@@H](C)Oc1nc(-c2nnc(C(OCc3ccccc3)(C(C=C)OC(C)(C)C)C(F)(F)F)o2)c(N(C(=O)OC(C)(C)C)C(=O)OC(C)(C)C)cc1C(F)(F)F.C=CCC[C@@H](C)Oc1nc(-c2nnc(C(OCc3ccccc3)(C(O)C=C)C(F)(F)F)o2)c(N)cc1C(F)(F)F. The van der Waals surface area contributed by atoms with Crippen molar-refractivity contribution in [1.29, 1.82) is 0 Å². The molecule has 6 atom stereocenters. The number of carbonyl (C=O) groups is 2. The number of halogens is 12. The molecular weight excluding hydrogens is 1320 g/mol. The summed E-state index contributed by atoms with van der Waals surface area (Å²) in [5.74, 6) is -6.26. The van der Waals surface area contributed by atoms with Gasteiger partial charge in [0, 0.05) is 0 Å². The van der Waals surface area contributed by atoms with Gasteiger partial charge in [-0.25, -0.2) is 19.6 Å². The number of amides is 2. The van der Waals surface area contributed by atoms with Gasteiger partial charge >= 0.3 is 36.9 Å². The van der Waals surface area contributed by atoms with Crippen molar-refractivity contribution in [2.24, 2.45) is 0 Å². The largest absolute Gasteiger partial charge is 0.474 e. The van der Waals surface area contributed by atoms with Crippen LogP contribution in [-0.4, -0.2) is 101 Å². The number of pyridine rings is 2. The summed E-state index contributed by atoms with van der Waals surface area (Å²) in [5, 5.41) is 24.8. The van der Waals surface area contributed by atoms with E-state index in [1.54, 1.807) is 42.5 Å². The number of nitrogens with two attached hydrogens (primary N) is 1. The molecule has 98 heavy (non-hydrogen) atoms. The van der Waals surface area contributed by atoms with Gasteiger partial charge in [0.2, 0.25) is 11.8 Å². The summed E-state index contributed by atoms with van der Waals surface area (Å²) < 4.78 is 226. The first-order valence-corrected chi connectivity index (χ1v) is 29.9. The van der Waals surface area contributed by atoms with Crippen LogP contribution in [0, 0.1) is 0 Å². The average molecular weight is 1400 g/mol. The van der Waals surface area contributed by atoms with E-state index in [9.17, 15) is 54.2 Å². The summed E-state index contributed by atoms with van der Waals surface area (Å²) in [6, 6.07) is 16.4. The lowest BCUT2D eigenvalue weighted by molar-refractivity contribution is -0.332. The number of rotatable bonds is 26. The van der Waals surface area contributed by atoms with Crippen LogP contribution in [0.15, 0.2) is 132 Å². The van der Waals surface area contributed by atoms with Crippen molar-refractivity contribution in [3.8, 4) is 34.9 Å². The van der Waals surface area contributed by atoms with Crippen LogP contribution in [0.1, 0.15) is 136 Å². The molecule has 0 aliphatic heterocycles. The highest BCUT2D eigenvalue weighted by atomic mass is 19.4. The van der Waals surface area contributed by atoms with Gasteiger partial charge in [-0.1, -0.05) is 85.0 Å². The van der Waals surface area contributed by atoms with Crippen molar-refractivity contribution in [3.63, 3.8) is 0 Å². The van der Waals surface area contributed by atoms with Gasteiger partial charge in [0.25, 0.3) is 34.8 Å². The molecule has 0 saturated carbocycles. The molecule has 2 amide bonds. The molecule has 4 unspecified atom stereocenters. The third kappa shape index (κ3) is 20.4. The second-order valence-electron chi connectivity index (χ2n) is 24.8. The predicted octanol–water partition coefficient (Wildman–Crippen LogP) is 16.9. The first-order chi connectivity index (χ1) is 45.3. The van der Waals surface area contributed by atoms with E-state index in [1.165, 1.54) is 107 Å². The Morgan fingerprint density at radius 1 is 0.571 bits per heavy atom. The number of allylic oxidation sites excluding steroid dienone is 2. The zero-order chi connectivity index (χ0) is 73.8. The van der Waals surface area contributed by atoms with Gasteiger partial charge in [-0.05, 0) is 125 Å². The highest BCUT2D eigenvalue weighted by Gasteiger charge is 2.68. The average Bonchev–Trinajstić information content (AvgIpc) is 1.42. The first kappa shape index (κ1) is 79.8. The van der Waals surface area contributed by atoms with E-state index >= 15 is 13.2 Å². The molecule has 0 saturated heterocycles. The lowest BCUT2D eigenvalue weighted by atomic mass is 9.93. The number of alkyl halides is 12. The van der Waals surface area contributed by atoms with Gasteiger partial charge in [0.1, 0.15) is 34.5 Å². The molecule has 0 fully saturated rings. The Bertz CT molecular complexity index is 3650. The number of carbonyl (C=O) groups excluding carboxylic acids is 2. The number of nitrogens with zero attached hydrogens (tertiary/aromatic N) is 7. The summed E-state index contributed by atoms with van der Waals surface area (Å²) in [6.07, 6.45) is -24.4. The third-order valence-corrected chi connectivity index (χ3v) is 13.3. The molecule has 6 aromatic rings. The van der Waals surface area contributed by atoms with E-state index in [2.05, 4.69) is 56.7 Å². The summed E-state index contributed by atoms with van der Waals surface area (Å²) in [7, 11) is 0. The molecular formula is C66H76F12N8O12. The number of aliphatic hydroxyl groups is 1. The number of hydrogen-bond acceptors (Lipinski definition) is 19. The van der Waals surface area contributed by atoms with Gasteiger partial charge in [-0.2, -0.15) is 57.6 Å². The van der Waals surface area contributed by atoms with Gasteiger partial charge in [-0.3, -0.25) is 0 Å². The number of nitrogen functional groups attached to an aromatic ring is 1. The van der Waals surface area contributed by atoms with Crippen molar-refractivity contribution in [2.45, 2.75) is 192 Å². The lowest BCUT2D eigenvalue weighted by Gasteiger charge is -2.40. The summed E-state index contributed by atoms with van der Waals surface area (Å²) in [5.41, 5.74) is -10.7. The van der Waals surface area contributed by atoms with E-state index in [0.29, 0.717) is 48.6 Å². The number of imide groups is 1. The molecule has 0 radical (unpaired) electrons. The van der Waals surface area contributed by atoms with Crippen LogP contribution in [0.4, 0.5) is 73.6 Å². The van der Waals surface area contributed by atoms with Crippen molar-refractivity contribution in [2.75, 3.05) is 10.6 Å². The minimum Gasteiger partial charge on any atom is -0.474 e. The molecule has 32 heteroatoms. The molecule has 0 spiro atoms. The Morgan fingerprint density at radius 3 is 1.35 bits per heavy atom. The van der Waals surface area contributed by atoms with Crippen LogP contribution in [0.3, 0.4) is 0 Å². The number of benzene rings is 2. The zero-order valence-corrected chi connectivity index (χ0v) is 55.3. The fraction of sp³-hybridized carbons (Fsp3) is 0.455. The molecule has 536 valence electrons. The van der Waals surface area contributed by atoms with E-state index in [4.69, 9.17) is 47.7 Å².